The quantitative estimate of drug-likeness (QED) is 0.819. The second-order valence-electron chi connectivity index (χ2n) is 6.16. The van der Waals surface area contributed by atoms with Crippen molar-refractivity contribution in [2.75, 3.05) is 6.54 Å². The van der Waals surface area contributed by atoms with Crippen molar-refractivity contribution in [1.82, 2.24) is 5.32 Å². The molecular formula is C14H25F3N2O. The zero-order valence-corrected chi connectivity index (χ0v) is 12.2. The molecule has 0 aromatic heterocycles. The minimum Gasteiger partial charge on any atom is -0.352 e. The summed E-state index contributed by atoms with van der Waals surface area (Å²) in [6.07, 6.45) is -2.60. The van der Waals surface area contributed by atoms with Gasteiger partial charge in [0.1, 0.15) is 0 Å². The number of hydrogen-bond acceptors (Lipinski definition) is 2. The van der Waals surface area contributed by atoms with Crippen LogP contribution in [0.1, 0.15) is 46.0 Å². The Morgan fingerprint density at radius 2 is 1.80 bits per heavy atom. The predicted octanol–water partition coefficient (Wildman–Crippen LogP) is 2.84. The average molecular weight is 294 g/mol. The van der Waals surface area contributed by atoms with E-state index in [4.69, 9.17) is 5.73 Å². The molecule has 1 aliphatic rings. The van der Waals surface area contributed by atoms with E-state index in [1.807, 2.05) is 13.8 Å². The first kappa shape index (κ1) is 17.3. The molecule has 118 valence electrons. The molecule has 0 radical (unpaired) electrons. The predicted molar refractivity (Wildman–Crippen MR) is 71.9 cm³/mol. The van der Waals surface area contributed by atoms with Gasteiger partial charge in [0.25, 0.3) is 0 Å². The minimum absolute atomic E-state index is 0.0546. The molecule has 1 aliphatic carbocycles. The highest BCUT2D eigenvalue weighted by atomic mass is 19.4. The molecule has 0 aliphatic heterocycles. The monoisotopic (exact) mass is 294 g/mol. The lowest BCUT2D eigenvalue weighted by molar-refractivity contribution is -0.184. The lowest BCUT2D eigenvalue weighted by Crippen LogP contribution is -2.45. The van der Waals surface area contributed by atoms with E-state index in [1.165, 1.54) is 0 Å². The average Bonchev–Trinajstić information content (AvgIpc) is 2.36. The molecule has 1 fully saturated rings. The Kier molecular flexibility index (Phi) is 6.30. The maximum atomic E-state index is 12.6. The summed E-state index contributed by atoms with van der Waals surface area (Å²) < 4.78 is 37.7. The normalized spacial score (nSPS) is 25.6. The second-order valence-corrected chi connectivity index (χ2v) is 6.16. The first-order chi connectivity index (χ1) is 9.24. The van der Waals surface area contributed by atoms with Gasteiger partial charge < -0.3 is 11.1 Å². The highest BCUT2D eigenvalue weighted by molar-refractivity contribution is 5.79. The van der Waals surface area contributed by atoms with Crippen LogP contribution in [0.5, 0.6) is 0 Å². The molecule has 0 spiro atoms. The molecule has 0 heterocycles. The number of rotatable bonds is 5. The van der Waals surface area contributed by atoms with Gasteiger partial charge in [-0.25, -0.2) is 0 Å². The number of hydrogen-bond donors (Lipinski definition) is 2. The van der Waals surface area contributed by atoms with E-state index in [0.29, 0.717) is 25.3 Å². The van der Waals surface area contributed by atoms with Crippen molar-refractivity contribution in [3.63, 3.8) is 0 Å². The second kappa shape index (κ2) is 7.29. The molecule has 1 atom stereocenters. The number of alkyl halides is 3. The molecule has 0 aromatic carbocycles. The fourth-order valence-electron chi connectivity index (χ4n) is 2.79. The number of halogens is 3. The van der Waals surface area contributed by atoms with Crippen LogP contribution in [0, 0.1) is 17.8 Å². The fraction of sp³-hybridized carbons (Fsp3) is 0.929. The summed E-state index contributed by atoms with van der Waals surface area (Å²) >= 11 is 0. The molecule has 3 nitrogen and oxygen atoms in total. The smallest absolute Gasteiger partial charge is 0.352 e. The summed E-state index contributed by atoms with van der Waals surface area (Å²) in [5, 5.41) is 2.88. The highest BCUT2D eigenvalue weighted by Gasteiger charge is 2.42. The molecule has 20 heavy (non-hydrogen) atoms. The zero-order chi connectivity index (χ0) is 15.3. The van der Waals surface area contributed by atoms with E-state index in [0.717, 1.165) is 6.42 Å². The van der Waals surface area contributed by atoms with Crippen molar-refractivity contribution in [3.8, 4) is 0 Å². The van der Waals surface area contributed by atoms with Crippen LogP contribution >= 0.6 is 0 Å². The summed E-state index contributed by atoms with van der Waals surface area (Å²) in [4.78, 5) is 12.1. The van der Waals surface area contributed by atoms with Crippen molar-refractivity contribution >= 4 is 5.91 Å². The summed E-state index contributed by atoms with van der Waals surface area (Å²) in [7, 11) is 0. The maximum absolute atomic E-state index is 12.6. The van der Waals surface area contributed by atoms with Crippen LogP contribution in [0.3, 0.4) is 0 Å². The van der Waals surface area contributed by atoms with E-state index >= 15 is 0 Å². The van der Waals surface area contributed by atoms with E-state index in [2.05, 4.69) is 5.32 Å². The number of nitrogens with one attached hydrogen (secondary N) is 1. The molecular weight excluding hydrogens is 269 g/mol. The summed E-state index contributed by atoms with van der Waals surface area (Å²) in [5.41, 5.74) is 5.61. The molecule has 3 N–H and O–H groups in total. The topological polar surface area (TPSA) is 55.1 Å². The maximum Gasteiger partial charge on any atom is 0.391 e. The van der Waals surface area contributed by atoms with Crippen LogP contribution in [0.2, 0.25) is 0 Å². The van der Waals surface area contributed by atoms with Gasteiger partial charge in [0.15, 0.2) is 0 Å². The van der Waals surface area contributed by atoms with Crippen LogP contribution in [-0.4, -0.2) is 24.7 Å². The Balaban J connectivity index is 2.42. The Morgan fingerprint density at radius 1 is 1.25 bits per heavy atom. The standard InChI is InChI=1S/C14H25F3N2O/c1-9(2)7-12(8-18)19-13(20)10-3-5-11(6-4-10)14(15,16)17/h9-12H,3-8,18H2,1-2H3,(H,19,20). The van der Waals surface area contributed by atoms with Gasteiger partial charge in [0.2, 0.25) is 5.91 Å². The zero-order valence-electron chi connectivity index (χ0n) is 12.2. The summed E-state index contributed by atoms with van der Waals surface area (Å²) in [6.45, 7) is 4.45. The Hall–Kier alpha value is -0.780. The molecule has 1 amide bonds. The Labute approximate surface area is 118 Å². The summed E-state index contributed by atoms with van der Waals surface area (Å²) in [6, 6.07) is -0.0807. The first-order valence-corrected chi connectivity index (χ1v) is 7.31. The van der Waals surface area contributed by atoms with Crippen LogP contribution in [0.25, 0.3) is 0 Å². The molecule has 1 unspecified atom stereocenters. The number of carbonyl (C=O) groups is 1. The Morgan fingerprint density at radius 3 is 2.20 bits per heavy atom. The van der Waals surface area contributed by atoms with Crippen molar-refractivity contribution in [2.24, 2.45) is 23.5 Å². The molecule has 1 rings (SSSR count). The van der Waals surface area contributed by atoms with E-state index in [-0.39, 0.29) is 30.7 Å². The molecule has 1 saturated carbocycles. The van der Waals surface area contributed by atoms with Gasteiger partial charge >= 0.3 is 6.18 Å². The van der Waals surface area contributed by atoms with Gasteiger partial charge in [-0.2, -0.15) is 13.2 Å². The van der Waals surface area contributed by atoms with Gasteiger partial charge in [0.05, 0.1) is 5.92 Å². The van der Waals surface area contributed by atoms with Crippen molar-refractivity contribution in [3.05, 3.63) is 0 Å². The van der Waals surface area contributed by atoms with Crippen molar-refractivity contribution in [1.29, 1.82) is 0 Å². The lowest BCUT2D eigenvalue weighted by Gasteiger charge is -2.30. The third kappa shape index (κ3) is 5.31. The first-order valence-electron chi connectivity index (χ1n) is 7.31. The summed E-state index contributed by atoms with van der Waals surface area (Å²) in [5.74, 6) is -1.26. The van der Waals surface area contributed by atoms with Gasteiger partial charge in [-0.1, -0.05) is 13.8 Å². The number of carbonyl (C=O) groups excluding carboxylic acids is 1. The van der Waals surface area contributed by atoms with E-state index in [9.17, 15) is 18.0 Å². The van der Waals surface area contributed by atoms with Crippen LogP contribution in [-0.2, 0) is 4.79 Å². The third-order valence-corrected chi connectivity index (χ3v) is 3.95. The van der Waals surface area contributed by atoms with Crippen molar-refractivity contribution < 1.29 is 18.0 Å². The fourth-order valence-corrected chi connectivity index (χ4v) is 2.79. The third-order valence-electron chi connectivity index (χ3n) is 3.95. The largest absolute Gasteiger partial charge is 0.391 e. The Bertz CT molecular complexity index is 310. The molecule has 0 aromatic rings. The van der Waals surface area contributed by atoms with E-state index < -0.39 is 12.1 Å². The van der Waals surface area contributed by atoms with Gasteiger partial charge in [0, 0.05) is 18.5 Å². The highest BCUT2D eigenvalue weighted by Crippen LogP contribution is 2.39. The van der Waals surface area contributed by atoms with Crippen LogP contribution in [0.15, 0.2) is 0 Å². The lowest BCUT2D eigenvalue weighted by atomic mass is 9.81. The number of amides is 1. The van der Waals surface area contributed by atoms with Gasteiger partial charge in [-0.05, 0) is 38.0 Å². The minimum atomic E-state index is -4.13. The van der Waals surface area contributed by atoms with Crippen LogP contribution in [0.4, 0.5) is 13.2 Å². The molecule has 0 saturated heterocycles. The molecule has 0 bridgehead atoms. The van der Waals surface area contributed by atoms with Crippen molar-refractivity contribution in [2.45, 2.75) is 58.2 Å². The van der Waals surface area contributed by atoms with Crippen LogP contribution < -0.4 is 11.1 Å². The van der Waals surface area contributed by atoms with E-state index in [1.54, 1.807) is 0 Å². The molecule has 6 heteroatoms. The SMILES string of the molecule is CC(C)CC(CN)NC(=O)C1CCC(C(F)(F)F)CC1. The van der Waals surface area contributed by atoms with Gasteiger partial charge in [-0.3, -0.25) is 4.79 Å². The van der Waals surface area contributed by atoms with Gasteiger partial charge in [-0.15, -0.1) is 0 Å². The number of nitrogens with two attached hydrogens (primary N) is 1.